The maximum absolute atomic E-state index is 14.1. The molecule has 1 N–H and O–H groups in total. The Bertz CT molecular complexity index is 1600. The van der Waals surface area contributed by atoms with Crippen LogP contribution in [0.1, 0.15) is 44.4 Å². The normalized spacial score (nSPS) is 21.9. The van der Waals surface area contributed by atoms with Crippen LogP contribution in [-0.2, 0) is 9.59 Å². The molecule has 8 rings (SSSR count). The third-order valence-electron chi connectivity index (χ3n) is 8.47. The first-order chi connectivity index (χ1) is 19.5. The van der Waals surface area contributed by atoms with Gasteiger partial charge in [0.2, 0.25) is 11.8 Å². The third kappa shape index (κ3) is 3.40. The highest BCUT2D eigenvalue weighted by Gasteiger charge is 2.61. The SMILES string of the molecule is COc1ccc(OC)c(NC(=O)c2cccc(N3C(=O)[C@H]4C5c6ccccc6C(c6ccccc65)[C@@H]4C3=O)c2)c1. The molecule has 0 saturated carbocycles. The van der Waals surface area contributed by atoms with Crippen LogP contribution in [0.3, 0.4) is 0 Å². The number of rotatable bonds is 5. The molecule has 7 heteroatoms. The number of carbonyl (C=O) groups excluding carboxylic acids is 3. The molecular formula is C33H26N2O5. The number of hydrogen-bond donors (Lipinski definition) is 1. The quantitative estimate of drug-likeness (QED) is 0.352. The van der Waals surface area contributed by atoms with E-state index in [-0.39, 0.29) is 23.7 Å². The molecule has 0 radical (unpaired) electrons. The van der Waals surface area contributed by atoms with E-state index >= 15 is 0 Å². The van der Waals surface area contributed by atoms with E-state index in [1.54, 1.807) is 49.6 Å². The Morgan fingerprint density at radius 1 is 0.700 bits per heavy atom. The highest BCUT2D eigenvalue weighted by atomic mass is 16.5. The average Bonchev–Trinajstić information content (AvgIpc) is 3.27. The number of amides is 3. The van der Waals surface area contributed by atoms with Crippen molar-refractivity contribution in [3.63, 3.8) is 0 Å². The summed E-state index contributed by atoms with van der Waals surface area (Å²) >= 11 is 0. The van der Waals surface area contributed by atoms with Gasteiger partial charge in [-0.1, -0.05) is 54.6 Å². The van der Waals surface area contributed by atoms with Crippen molar-refractivity contribution in [2.45, 2.75) is 11.8 Å². The first kappa shape index (κ1) is 24.2. The van der Waals surface area contributed by atoms with E-state index in [2.05, 4.69) is 29.6 Å². The molecule has 2 atom stereocenters. The smallest absolute Gasteiger partial charge is 0.255 e. The maximum atomic E-state index is 14.1. The number of methoxy groups -OCH3 is 2. The van der Waals surface area contributed by atoms with E-state index in [0.29, 0.717) is 28.4 Å². The maximum Gasteiger partial charge on any atom is 0.255 e. The standard InChI is InChI=1S/C33H26N2O5/c1-39-20-14-15-26(40-2)25(17-20)34-31(36)18-8-7-9-19(16-18)35-32(37)29-27-21-10-3-4-11-22(21)28(30(29)33(35)38)24-13-6-5-12-23(24)27/h3-17,27-30H,1-2H3,(H,34,36)/t27?,28?,29-,30-/m0/s1. The van der Waals surface area contributed by atoms with Gasteiger partial charge in [-0.05, 0) is 52.6 Å². The Balaban J connectivity index is 1.24. The largest absolute Gasteiger partial charge is 0.497 e. The molecule has 4 aliphatic rings. The van der Waals surface area contributed by atoms with E-state index in [1.165, 1.54) is 12.0 Å². The average molecular weight is 531 g/mol. The van der Waals surface area contributed by atoms with Gasteiger partial charge in [0.15, 0.2) is 0 Å². The van der Waals surface area contributed by atoms with E-state index in [1.807, 2.05) is 24.3 Å². The fourth-order valence-corrected chi connectivity index (χ4v) is 6.82. The second-order valence-electron chi connectivity index (χ2n) is 10.3. The van der Waals surface area contributed by atoms with Crippen molar-refractivity contribution in [3.8, 4) is 11.5 Å². The van der Waals surface area contributed by atoms with Crippen molar-refractivity contribution in [2.24, 2.45) is 11.8 Å². The van der Waals surface area contributed by atoms with Gasteiger partial charge in [-0.15, -0.1) is 0 Å². The Morgan fingerprint density at radius 3 is 1.80 bits per heavy atom. The lowest BCUT2D eigenvalue weighted by Gasteiger charge is -2.45. The fraction of sp³-hybridized carbons (Fsp3) is 0.182. The van der Waals surface area contributed by atoms with Gasteiger partial charge in [0.05, 0.1) is 37.4 Å². The predicted molar refractivity (Wildman–Crippen MR) is 150 cm³/mol. The number of imide groups is 1. The summed E-state index contributed by atoms with van der Waals surface area (Å²) in [7, 11) is 3.06. The van der Waals surface area contributed by atoms with Crippen LogP contribution in [0.15, 0.2) is 91.0 Å². The molecule has 198 valence electrons. The summed E-state index contributed by atoms with van der Waals surface area (Å²) in [6.45, 7) is 0. The molecule has 7 nitrogen and oxygen atoms in total. The van der Waals surface area contributed by atoms with Crippen LogP contribution in [0.2, 0.25) is 0 Å². The summed E-state index contributed by atoms with van der Waals surface area (Å²) < 4.78 is 10.7. The monoisotopic (exact) mass is 530 g/mol. The number of anilines is 2. The van der Waals surface area contributed by atoms with Gasteiger partial charge in [0.25, 0.3) is 5.91 Å². The van der Waals surface area contributed by atoms with E-state index in [0.717, 1.165) is 22.3 Å². The van der Waals surface area contributed by atoms with Crippen molar-refractivity contribution in [3.05, 3.63) is 119 Å². The first-order valence-corrected chi connectivity index (χ1v) is 13.2. The Kier molecular flexibility index (Phi) is 5.49. The fourth-order valence-electron chi connectivity index (χ4n) is 6.82. The Labute approximate surface area is 231 Å². The number of ether oxygens (including phenoxy) is 2. The summed E-state index contributed by atoms with van der Waals surface area (Å²) in [6.07, 6.45) is 0. The van der Waals surface area contributed by atoms with Gasteiger partial charge >= 0.3 is 0 Å². The highest BCUT2D eigenvalue weighted by molar-refractivity contribution is 6.23. The topological polar surface area (TPSA) is 84.9 Å². The number of nitrogens with one attached hydrogen (secondary N) is 1. The minimum absolute atomic E-state index is 0.184. The summed E-state index contributed by atoms with van der Waals surface area (Å²) in [5, 5.41) is 2.86. The number of carbonyl (C=O) groups is 3. The number of benzene rings is 4. The summed E-state index contributed by atoms with van der Waals surface area (Å²) in [6, 6.07) is 28.1. The molecule has 1 fully saturated rings. The molecule has 1 aliphatic heterocycles. The van der Waals surface area contributed by atoms with Crippen LogP contribution in [0.5, 0.6) is 11.5 Å². The lowest BCUT2D eigenvalue weighted by molar-refractivity contribution is -0.122. The third-order valence-corrected chi connectivity index (χ3v) is 8.47. The lowest BCUT2D eigenvalue weighted by Crippen LogP contribution is -2.41. The molecule has 4 aromatic carbocycles. The second kappa shape index (κ2) is 9.09. The zero-order valence-corrected chi connectivity index (χ0v) is 22.0. The van der Waals surface area contributed by atoms with Gasteiger partial charge in [0.1, 0.15) is 11.5 Å². The highest BCUT2D eigenvalue weighted by Crippen LogP contribution is 2.61. The molecule has 0 spiro atoms. The van der Waals surface area contributed by atoms with Crippen LogP contribution in [0, 0.1) is 11.8 Å². The van der Waals surface area contributed by atoms with Gasteiger partial charge in [-0.2, -0.15) is 0 Å². The summed E-state index contributed by atoms with van der Waals surface area (Å²) in [4.78, 5) is 42.7. The Hall–Kier alpha value is -4.91. The molecule has 0 unspecified atom stereocenters. The molecule has 1 saturated heterocycles. The predicted octanol–water partition coefficient (Wildman–Crippen LogP) is 5.35. The van der Waals surface area contributed by atoms with E-state index in [4.69, 9.17) is 9.47 Å². The van der Waals surface area contributed by atoms with Crippen molar-refractivity contribution < 1.29 is 23.9 Å². The molecule has 3 amide bonds. The summed E-state index contributed by atoms with van der Waals surface area (Å²) in [5.41, 5.74) is 5.64. The number of nitrogens with zero attached hydrogens (tertiary/aromatic N) is 1. The van der Waals surface area contributed by atoms with Crippen LogP contribution in [-0.4, -0.2) is 31.9 Å². The molecule has 2 bridgehead atoms. The zero-order valence-electron chi connectivity index (χ0n) is 22.0. The van der Waals surface area contributed by atoms with E-state index < -0.39 is 17.7 Å². The molecule has 40 heavy (non-hydrogen) atoms. The van der Waals surface area contributed by atoms with Gasteiger partial charge < -0.3 is 14.8 Å². The van der Waals surface area contributed by atoms with Crippen LogP contribution < -0.4 is 19.7 Å². The Morgan fingerprint density at radius 2 is 1.27 bits per heavy atom. The van der Waals surface area contributed by atoms with Crippen molar-refractivity contribution in [2.75, 3.05) is 24.4 Å². The molecule has 3 aliphatic carbocycles. The van der Waals surface area contributed by atoms with Crippen LogP contribution >= 0.6 is 0 Å². The minimum atomic E-state index is -0.485. The minimum Gasteiger partial charge on any atom is -0.497 e. The second-order valence-corrected chi connectivity index (χ2v) is 10.3. The summed E-state index contributed by atoms with van der Waals surface area (Å²) in [5.74, 6) is -1.13. The van der Waals surface area contributed by atoms with Crippen LogP contribution in [0.4, 0.5) is 11.4 Å². The molecule has 0 aromatic heterocycles. The molecule has 4 aromatic rings. The lowest BCUT2D eigenvalue weighted by atomic mass is 9.55. The van der Waals surface area contributed by atoms with E-state index in [9.17, 15) is 14.4 Å². The van der Waals surface area contributed by atoms with Crippen LogP contribution in [0.25, 0.3) is 0 Å². The van der Waals surface area contributed by atoms with Gasteiger partial charge in [0, 0.05) is 23.5 Å². The van der Waals surface area contributed by atoms with Crippen molar-refractivity contribution in [1.82, 2.24) is 0 Å². The van der Waals surface area contributed by atoms with Gasteiger partial charge in [-0.3, -0.25) is 14.4 Å². The number of hydrogen-bond acceptors (Lipinski definition) is 5. The molecule has 1 heterocycles. The zero-order chi connectivity index (χ0) is 27.5. The van der Waals surface area contributed by atoms with Crippen molar-refractivity contribution in [1.29, 1.82) is 0 Å². The molecular weight excluding hydrogens is 504 g/mol. The van der Waals surface area contributed by atoms with Gasteiger partial charge in [-0.25, -0.2) is 4.90 Å². The first-order valence-electron chi connectivity index (χ1n) is 13.2. The van der Waals surface area contributed by atoms with Crippen molar-refractivity contribution >= 4 is 29.1 Å².